The van der Waals surface area contributed by atoms with Crippen molar-refractivity contribution in [2.75, 3.05) is 7.05 Å². The van der Waals surface area contributed by atoms with Gasteiger partial charge in [-0.15, -0.1) is 0 Å². The van der Waals surface area contributed by atoms with Crippen molar-refractivity contribution in [2.45, 2.75) is 25.8 Å². The van der Waals surface area contributed by atoms with Crippen LogP contribution < -0.4 is 5.32 Å². The SMILES string of the molecule is CNC(CCC(C)=O)c1cc(Br)ccc1F. The number of rotatable bonds is 5. The molecule has 0 saturated heterocycles. The van der Waals surface area contributed by atoms with Crippen molar-refractivity contribution in [2.24, 2.45) is 0 Å². The van der Waals surface area contributed by atoms with E-state index in [1.807, 2.05) is 0 Å². The highest BCUT2D eigenvalue weighted by molar-refractivity contribution is 9.10. The molecule has 2 nitrogen and oxygen atoms in total. The van der Waals surface area contributed by atoms with Crippen LogP contribution in [-0.4, -0.2) is 12.8 Å². The number of benzene rings is 1. The van der Waals surface area contributed by atoms with E-state index < -0.39 is 0 Å². The van der Waals surface area contributed by atoms with Gasteiger partial charge in [-0.1, -0.05) is 15.9 Å². The van der Waals surface area contributed by atoms with Crippen LogP contribution in [0.5, 0.6) is 0 Å². The van der Waals surface area contributed by atoms with Gasteiger partial charge in [-0.05, 0) is 38.6 Å². The number of Topliss-reactive ketones (excluding diaryl/α,β-unsaturated/α-hetero) is 1. The third kappa shape index (κ3) is 3.68. The van der Waals surface area contributed by atoms with Crippen LogP contribution in [0.3, 0.4) is 0 Å². The molecule has 1 unspecified atom stereocenters. The van der Waals surface area contributed by atoms with Crippen molar-refractivity contribution < 1.29 is 9.18 Å². The minimum absolute atomic E-state index is 0.121. The summed E-state index contributed by atoms with van der Waals surface area (Å²) in [6, 6.07) is 4.71. The molecule has 1 aromatic carbocycles. The first-order chi connectivity index (χ1) is 7.54. The number of hydrogen-bond donors (Lipinski definition) is 1. The first-order valence-electron chi connectivity index (χ1n) is 5.16. The van der Waals surface area contributed by atoms with E-state index in [0.29, 0.717) is 18.4 Å². The summed E-state index contributed by atoms with van der Waals surface area (Å²) in [4.78, 5) is 10.9. The van der Waals surface area contributed by atoms with Crippen LogP contribution in [0.4, 0.5) is 4.39 Å². The average molecular weight is 288 g/mol. The highest BCUT2D eigenvalue weighted by Crippen LogP contribution is 2.24. The van der Waals surface area contributed by atoms with E-state index in [1.165, 1.54) is 6.07 Å². The topological polar surface area (TPSA) is 29.1 Å². The predicted molar refractivity (Wildman–Crippen MR) is 65.8 cm³/mol. The van der Waals surface area contributed by atoms with E-state index in [4.69, 9.17) is 0 Å². The summed E-state index contributed by atoms with van der Waals surface area (Å²) < 4.78 is 14.4. The third-order valence-corrected chi connectivity index (χ3v) is 2.96. The molecule has 0 radical (unpaired) electrons. The van der Waals surface area contributed by atoms with Gasteiger partial charge in [0.15, 0.2) is 0 Å². The fraction of sp³-hybridized carbons (Fsp3) is 0.417. The van der Waals surface area contributed by atoms with Crippen molar-refractivity contribution >= 4 is 21.7 Å². The monoisotopic (exact) mass is 287 g/mol. The zero-order valence-corrected chi connectivity index (χ0v) is 11.0. The fourth-order valence-electron chi connectivity index (χ4n) is 1.58. The number of hydrogen-bond acceptors (Lipinski definition) is 2. The second-order valence-corrected chi connectivity index (χ2v) is 4.66. The van der Waals surface area contributed by atoms with E-state index in [0.717, 1.165) is 4.47 Å². The Bertz CT molecular complexity index is 381. The molecule has 1 atom stereocenters. The third-order valence-electron chi connectivity index (χ3n) is 2.47. The zero-order chi connectivity index (χ0) is 12.1. The molecule has 0 amide bonds. The molecule has 0 spiro atoms. The first-order valence-corrected chi connectivity index (χ1v) is 5.95. The van der Waals surface area contributed by atoms with Crippen molar-refractivity contribution in [3.63, 3.8) is 0 Å². The molecule has 88 valence electrons. The molecule has 1 rings (SSSR count). The highest BCUT2D eigenvalue weighted by Gasteiger charge is 2.14. The smallest absolute Gasteiger partial charge is 0.129 e. The molecule has 0 heterocycles. The van der Waals surface area contributed by atoms with Crippen LogP contribution in [0.2, 0.25) is 0 Å². The van der Waals surface area contributed by atoms with Crippen LogP contribution in [0, 0.1) is 5.82 Å². The molecule has 1 aromatic rings. The summed E-state index contributed by atoms with van der Waals surface area (Å²) in [6.45, 7) is 1.55. The van der Waals surface area contributed by atoms with Crippen molar-refractivity contribution in [1.82, 2.24) is 5.32 Å². The van der Waals surface area contributed by atoms with Crippen LogP contribution in [0.25, 0.3) is 0 Å². The molecule has 0 aliphatic carbocycles. The Morgan fingerprint density at radius 2 is 2.25 bits per heavy atom. The van der Waals surface area contributed by atoms with E-state index in [1.54, 1.807) is 26.1 Å². The molecule has 0 aliphatic heterocycles. The first kappa shape index (κ1) is 13.3. The van der Waals surface area contributed by atoms with Gasteiger partial charge >= 0.3 is 0 Å². The molecular formula is C12H15BrFNO. The quantitative estimate of drug-likeness (QED) is 0.901. The number of halogens is 2. The fourth-order valence-corrected chi connectivity index (χ4v) is 1.96. The molecule has 0 aliphatic rings. The van der Waals surface area contributed by atoms with Gasteiger partial charge in [0.05, 0.1) is 0 Å². The van der Waals surface area contributed by atoms with E-state index in [2.05, 4.69) is 21.2 Å². The van der Waals surface area contributed by atoms with Crippen molar-refractivity contribution in [3.8, 4) is 0 Å². The predicted octanol–water partition coefficient (Wildman–Crippen LogP) is 3.22. The standard InChI is InChI=1S/C12H15BrFNO/c1-8(16)3-6-12(15-2)10-7-9(13)4-5-11(10)14/h4-5,7,12,15H,3,6H2,1-2H3. The summed E-state index contributed by atoms with van der Waals surface area (Å²) in [5.41, 5.74) is 0.595. The van der Waals surface area contributed by atoms with Gasteiger partial charge in [0.25, 0.3) is 0 Å². The highest BCUT2D eigenvalue weighted by atomic mass is 79.9. The van der Waals surface area contributed by atoms with E-state index in [9.17, 15) is 9.18 Å². The molecule has 16 heavy (non-hydrogen) atoms. The Kier molecular flexibility index (Phi) is 5.09. The van der Waals surface area contributed by atoms with Gasteiger partial charge in [-0.3, -0.25) is 0 Å². The van der Waals surface area contributed by atoms with Crippen LogP contribution in [-0.2, 0) is 4.79 Å². The van der Waals surface area contributed by atoms with Crippen LogP contribution >= 0.6 is 15.9 Å². The van der Waals surface area contributed by atoms with Gasteiger partial charge in [-0.25, -0.2) is 4.39 Å². The van der Waals surface area contributed by atoms with Crippen molar-refractivity contribution in [3.05, 3.63) is 34.1 Å². The van der Waals surface area contributed by atoms with Gasteiger partial charge in [0, 0.05) is 22.5 Å². The molecular weight excluding hydrogens is 273 g/mol. The molecule has 4 heteroatoms. The Balaban J connectivity index is 2.85. The Morgan fingerprint density at radius 1 is 1.56 bits per heavy atom. The number of carbonyl (C=O) groups is 1. The summed E-state index contributed by atoms with van der Waals surface area (Å²) in [6.07, 6.45) is 1.07. The minimum Gasteiger partial charge on any atom is -0.313 e. The minimum atomic E-state index is -0.244. The molecule has 0 bridgehead atoms. The summed E-state index contributed by atoms with van der Waals surface area (Å²) in [7, 11) is 1.77. The molecule has 0 fully saturated rings. The normalized spacial score (nSPS) is 12.5. The number of carbonyl (C=O) groups excluding carboxylic acids is 1. The molecule has 1 N–H and O–H groups in total. The van der Waals surface area contributed by atoms with E-state index >= 15 is 0 Å². The Hall–Kier alpha value is -0.740. The van der Waals surface area contributed by atoms with Gasteiger partial charge < -0.3 is 10.1 Å². The lowest BCUT2D eigenvalue weighted by molar-refractivity contribution is -0.117. The summed E-state index contributed by atoms with van der Waals surface area (Å²) in [5.74, 6) is -0.123. The van der Waals surface area contributed by atoms with Crippen molar-refractivity contribution in [1.29, 1.82) is 0 Å². The Morgan fingerprint density at radius 3 is 2.81 bits per heavy atom. The maximum Gasteiger partial charge on any atom is 0.129 e. The maximum atomic E-state index is 13.6. The lowest BCUT2D eigenvalue weighted by atomic mass is 10.0. The molecule has 0 saturated carbocycles. The number of nitrogens with one attached hydrogen (secondary N) is 1. The van der Waals surface area contributed by atoms with Crippen LogP contribution in [0.15, 0.2) is 22.7 Å². The lowest BCUT2D eigenvalue weighted by Crippen LogP contribution is -2.18. The maximum absolute atomic E-state index is 13.6. The Labute approximate surface area is 103 Å². The second-order valence-electron chi connectivity index (χ2n) is 3.75. The second kappa shape index (κ2) is 6.11. The summed E-state index contributed by atoms with van der Waals surface area (Å²) >= 11 is 3.31. The van der Waals surface area contributed by atoms with Gasteiger partial charge in [0.2, 0.25) is 0 Å². The largest absolute Gasteiger partial charge is 0.313 e. The average Bonchev–Trinajstić information content (AvgIpc) is 2.23. The lowest BCUT2D eigenvalue weighted by Gasteiger charge is -2.17. The number of ketones is 1. The van der Waals surface area contributed by atoms with Gasteiger partial charge in [0.1, 0.15) is 11.6 Å². The van der Waals surface area contributed by atoms with E-state index in [-0.39, 0.29) is 17.6 Å². The molecule has 0 aromatic heterocycles. The van der Waals surface area contributed by atoms with Crippen LogP contribution in [0.1, 0.15) is 31.4 Å². The zero-order valence-electron chi connectivity index (χ0n) is 9.39. The van der Waals surface area contributed by atoms with Gasteiger partial charge in [-0.2, -0.15) is 0 Å². The summed E-state index contributed by atoms with van der Waals surface area (Å²) in [5, 5.41) is 3.03.